The van der Waals surface area contributed by atoms with Gasteiger partial charge in [-0.1, -0.05) is 19.0 Å². The van der Waals surface area contributed by atoms with Gasteiger partial charge in [0, 0.05) is 44.9 Å². The summed E-state index contributed by atoms with van der Waals surface area (Å²) >= 11 is 0. The quantitative estimate of drug-likeness (QED) is 0.104. The molecule has 0 aliphatic heterocycles. The van der Waals surface area contributed by atoms with Crippen LogP contribution in [-0.4, -0.2) is 93.8 Å². The van der Waals surface area contributed by atoms with E-state index in [0.29, 0.717) is 42.5 Å². The largest absolute Gasteiger partial charge is 0.522 e. The molecule has 246 valence electrons. The first-order valence-corrected chi connectivity index (χ1v) is 16.3. The number of hydrogen-bond donors (Lipinski definition) is 1. The molecule has 1 amide bonds. The van der Waals surface area contributed by atoms with Crippen LogP contribution in [0.15, 0.2) is 5.16 Å². The second-order valence-electron chi connectivity index (χ2n) is 15.2. The van der Waals surface area contributed by atoms with Gasteiger partial charge in [-0.15, -0.1) is 13.2 Å². The normalized spacial score (nSPS) is 34.8. The molecular formula is C32H54F3N4O4+. The number of nitrogens with zero attached hydrogens (tertiary/aromatic N) is 3. The highest BCUT2D eigenvalue weighted by atomic mass is 19.4. The van der Waals surface area contributed by atoms with Crippen LogP contribution in [0.4, 0.5) is 18.0 Å². The molecule has 4 aliphatic rings. The summed E-state index contributed by atoms with van der Waals surface area (Å²) in [4.78, 5) is 31.8. The summed E-state index contributed by atoms with van der Waals surface area (Å²) in [5, 5.41) is 7.53. The zero-order chi connectivity index (χ0) is 31.6. The molecule has 0 aromatic rings. The summed E-state index contributed by atoms with van der Waals surface area (Å²) in [6, 6.07) is 0. The van der Waals surface area contributed by atoms with Gasteiger partial charge in [0.1, 0.15) is 5.78 Å². The maximum Gasteiger partial charge on any atom is 0.522 e. The number of Topliss-reactive ketones (excluding diaryl/α,β-unsaturated/α-hetero) is 1. The van der Waals surface area contributed by atoms with Crippen LogP contribution >= 0.6 is 0 Å². The lowest BCUT2D eigenvalue weighted by atomic mass is 9.44. The molecule has 8 nitrogen and oxygen atoms in total. The van der Waals surface area contributed by atoms with Gasteiger partial charge in [-0.3, -0.25) is 14.4 Å². The molecule has 0 aromatic heterocycles. The van der Waals surface area contributed by atoms with Crippen molar-refractivity contribution in [1.29, 1.82) is 0 Å². The van der Waals surface area contributed by atoms with Crippen molar-refractivity contribution in [2.45, 2.75) is 84.9 Å². The van der Waals surface area contributed by atoms with E-state index < -0.39 is 19.1 Å². The highest BCUT2D eigenvalue weighted by molar-refractivity contribution is 5.85. The maximum atomic E-state index is 13.0. The number of carbonyl (C=O) groups is 2. The number of ether oxygens (including phenoxy) is 1. The van der Waals surface area contributed by atoms with E-state index in [1.54, 1.807) is 0 Å². The van der Waals surface area contributed by atoms with Gasteiger partial charge in [0.15, 0.2) is 0 Å². The van der Waals surface area contributed by atoms with Gasteiger partial charge in [0.2, 0.25) is 0 Å². The fraction of sp³-hybridized carbons (Fsp3) is 0.906. The monoisotopic (exact) mass is 615 g/mol. The van der Waals surface area contributed by atoms with Crippen molar-refractivity contribution in [3.05, 3.63) is 0 Å². The van der Waals surface area contributed by atoms with E-state index in [1.807, 2.05) is 6.92 Å². The van der Waals surface area contributed by atoms with Crippen molar-refractivity contribution in [2.24, 2.45) is 45.6 Å². The zero-order valence-corrected chi connectivity index (χ0v) is 27.1. The van der Waals surface area contributed by atoms with Gasteiger partial charge in [-0.2, -0.15) is 0 Å². The number of nitrogens with one attached hydrogen (secondary N) is 1. The third-order valence-corrected chi connectivity index (χ3v) is 11.7. The van der Waals surface area contributed by atoms with Gasteiger partial charge in [0.05, 0.1) is 40.0 Å². The number of quaternary nitrogens is 1. The number of alkyl halides is 3. The Morgan fingerprint density at radius 3 is 2.44 bits per heavy atom. The van der Waals surface area contributed by atoms with E-state index in [1.165, 1.54) is 11.3 Å². The average Bonchev–Trinajstić information content (AvgIpc) is 3.27. The van der Waals surface area contributed by atoms with Gasteiger partial charge in [-0.25, -0.2) is 4.79 Å². The molecule has 0 spiro atoms. The molecule has 0 saturated heterocycles. The van der Waals surface area contributed by atoms with Crippen molar-refractivity contribution < 1.29 is 36.8 Å². The van der Waals surface area contributed by atoms with E-state index in [9.17, 15) is 22.8 Å². The third kappa shape index (κ3) is 8.12. The molecule has 0 radical (unpaired) electrons. The lowest BCUT2D eigenvalue weighted by Gasteiger charge is -2.60. The Balaban J connectivity index is 1.36. The number of rotatable bonds is 11. The smallest absolute Gasteiger partial charge is 0.330 e. The number of halogens is 3. The Morgan fingerprint density at radius 2 is 1.74 bits per heavy atom. The van der Waals surface area contributed by atoms with Crippen molar-refractivity contribution >= 4 is 17.6 Å². The molecule has 11 heteroatoms. The van der Waals surface area contributed by atoms with Gasteiger partial charge in [0.25, 0.3) is 0 Å². The first-order chi connectivity index (χ1) is 20.0. The number of likely N-dealkylation sites (N-methyl/N-ethyl adjacent to an activating group) is 1. The summed E-state index contributed by atoms with van der Waals surface area (Å²) in [6.07, 6.45) is 3.70. The molecule has 4 saturated carbocycles. The van der Waals surface area contributed by atoms with E-state index in [0.717, 1.165) is 68.1 Å². The van der Waals surface area contributed by atoms with Crippen LogP contribution in [0, 0.1) is 40.4 Å². The molecule has 43 heavy (non-hydrogen) atoms. The molecule has 4 rings (SSSR count). The molecule has 0 aromatic carbocycles. The first kappa shape index (κ1) is 34.2. The summed E-state index contributed by atoms with van der Waals surface area (Å²) in [7, 11) is 6.22. The topological polar surface area (TPSA) is 80.2 Å². The highest BCUT2D eigenvalue weighted by Gasteiger charge is 2.60. The fourth-order valence-electron chi connectivity index (χ4n) is 9.28. The predicted octanol–water partition coefficient (Wildman–Crippen LogP) is 5.86. The summed E-state index contributed by atoms with van der Waals surface area (Å²) in [6.45, 7) is 8.02. The molecule has 4 fully saturated rings. The van der Waals surface area contributed by atoms with Crippen molar-refractivity contribution in [1.82, 2.24) is 10.2 Å². The Morgan fingerprint density at radius 1 is 1.02 bits per heavy atom. The van der Waals surface area contributed by atoms with Gasteiger partial charge >= 0.3 is 12.5 Å². The Hall–Kier alpha value is -1.72. The summed E-state index contributed by atoms with van der Waals surface area (Å²) in [5.41, 5.74) is 1.12. The van der Waals surface area contributed by atoms with Crippen LogP contribution in [0.5, 0.6) is 0 Å². The lowest BCUT2D eigenvalue weighted by molar-refractivity contribution is -0.869. The Bertz CT molecular complexity index is 1030. The molecule has 1 N–H and O–H groups in total. The predicted molar refractivity (Wildman–Crippen MR) is 159 cm³/mol. The van der Waals surface area contributed by atoms with Crippen LogP contribution < -0.4 is 5.32 Å². The second kappa shape index (κ2) is 13.3. The Labute approximate surface area is 255 Å². The number of amides is 1. The number of oxime groups is 1. The molecular weight excluding hydrogens is 561 g/mol. The van der Waals surface area contributed by atoms with E-state index >= 15 is 0 Å². The molecule has 7 atom stereocenters. The van der Waals surface area contributed by atoms with Crippen molar-refractivity contribution in [3.63, 3.8) is 0 Å². The number of hydrogen-bond acceptors (Lipinski definition) is 6. The standard InChI is InChI=1S/C32H54F3N4O4/c1-22(37-43-29(41)38(18-20-42-32(33,34)35)17-15-36-16-19-39(4,5)6)26-9-10-27-25-8-7-23-21-24(40)11-13-30(23,2)28(25)12-14-31(26,27)3/h23,25-28,36H,7-21H2,1-6H3/q+1/b37-22+/t23-,25-,26+,27-,28-,30-,31+/m0/s1. The minimum atomic E-state index is -4.76. The van der Waals surface area contributed by atoms with E-state index in [-0.39, 0.29) is 29.8 Å². The number of fused-ring (bicyclic) bond motifs is 5. The zero-order valence-electron chi connectivity index (χ0n) is 27.1. The van der Waals surface area contributed by atoms with Crippen LogP contribution in [0.2, 0.25) is 0 Å². The van der Waals surface area contributed by atoms with Crippen LogP contribution in [-0.2, 0) is 14.4 Å². The minimum Gasteiger partial charge on any atom is -0.330 e. The fourth-order valence-corrected chi connectivity index (χ4v) is 9.28. The lowest BCUT2D eigenvalue weighted by Crippen LogP contribution is -2.53. The van der Waals surface area contributed by atoms with E-state index in [4.69, 9.17) is 4.84 Å². The number of ketones is 1. The van der Waals surface area contributed by atoms with Crippen LogP contribution in [0.25, 0.3) is 0 Å². The molecule has 0 heterocycles. The molecule has 0 bridgehead atoms. The number of carbonyl (C=O) groups excluding carboxylic acids is 2. The van der Waals surface area contributed by atoms with E-state index in [2.05, 4.69) is 50.2 Å². The maximum absolute atomic E-state index is 13.0. The first-order valence-electron chi connectivity index (χ1n) is 16.3. The van der Waals surface area contributed by atoms with Crippen molar-refractivity contribution in [2.75, 3.05) is 60.5 Å². The average molecular weight is 616 g/mol. The van der Waals surface area contributed by atoms with Crippen LogP contribution in [0.1, 0.15) is 78.6 Å². The molecule has 0 unspecified atom stereocenters. The van der Waals surface area contributed by atoms with Crippen molar-refractivity contribution in [3.8, 4) is 0 Å². The highest BCUT2D eigenvalue weighted by Crippen LogP contribution is 2.67. The molecule has 4 aliphatic carbocycles. The third-order valence-electron chi connectivity index (χ3n) is 11.7. The second-order valence-corrected chi connectivity index (χ2v) is 15.2. The Kier molecular flexibility index (Phi) is 10.6. The minimum absolute atomic E-state index is 0.0740. The SMILES string of the molecule is C/C(=N\OC(=O)N(CCNCC[N+](C)(C)C)CCOC(F)(F)F)[C@H]1CC[C@H]2[C@@H]3CC[C@H]4CC(=O)CC[C@]4(C)[C@H]3CC[C@]12C. The van der Waals surface area contributed by atoms with Gasteiger partial charge < -0.3 is 14.7 Å². The van der Waals surface area contributed by atoms with Gasteiger partial charge in [-0.05, 0) is 86.4 Å². The summed E-state index contributed by atoms with van der Waals surface area (Å²) in [5.74, 6) is 3.06. The van der Waals surface area contributed by atoms with Crippen LogP contribution in [0.3, 0.4) is 0 Å². The summed E-state index contributed by atoms with van der Waals surface area (Å²) < 4.78 is 42.5.